The predicted molar refractivity (Wildman–Crippen MR) is 151 cm³/mol. The lowest BCUT2D eigenvalue weighted by atomic mass is 9.76. The van der Waals surface area contributed by atoms with E-state index < -0.39 is 0 Å². The molecule has 0 unspecified atom stereocenters. The monoisotopic (exact) mass is 531 g/mol. The third-order valence-corrected chi connectivity index (χ3v) is 7.55. The fourth-order valence-corrected chi connectivity index (χ4v) is 5.35. The zero-order valence-electron chi connectivity index (χ0n) is 21.8. The number of ether oxygens (including phenoxy) is 2. The summed E-state index contributed by atoms with van der Waals surface area (Å²) < 4.78 is 12.3. The molecule has 3 atom stereocenters. The van der Waals surface area contributed by atoms with Crippen molar-refractivity contribution in [2.45, 2.75) is 38.7 Å². The molecule has 7 heteroatoms. The molecule has 0 aliphatic carbocycles. The number of hydrogen-bond acceptors (Lipinski definition) is 4. The van der Waals surface area contributed by atoms with E-state index in [0.717, 1.165) is 33.9 Å². The summed E-state index contributed by atoms with van der Waals surface area (Å²) in [5, 5.41) is 3.66. The lowest BCUT2D eigenvalue weighted by Crippen LogP contribution is -2.31. The summed E-state index contributed by atoms with van der Waals surface area (Å²) in [4.78, 5) is 20.2. The maximum Gasteiger partial charge on any atom is 0.257 e. The van der Waals surface area contributed by atoms with Crippen molar-refractivity contribution in [2.24, 2.45) is 11.8 Å². The van der Waals surface area contributed by atoms with Crippen LogP contribution in [-0.2, 0) is 16.0 Å². The third-order valence-electron chi connectivity index (χ3n) is 7.30. The number of hydrogen-bond donors (Lipinski definition) is 2. The number of nitrogens with zero attached hydrogens (tertiary/aromatic N) is 1. The normalized spacial score (nSPS) is 19.5. The second kappa shape index (κ2) is 12.0. The van der Waals surface area contributed by atoms with Crippen molar-refractivity contribution in [3.05, 3.63) is 94.8 Å². The van der Waals surface area contributed by atoms with Crippen LogP contribution >= 0.6 is 11.6 Å². The number of aromatic amines is 1. The molecule has 0 saturated carbocycles. The summed E-state index contributed by atoms with van der Waals surface area (Å²) in [6.07, 6.45) is 1.66. The molecule has 4 aromatic rings. The molecular weight excluding hydrogens is 498 g/mol. The van der Waals surface area contributed by atoms with Crippen LogP contribution in [0.2, 0.25) is 5.02 Å². The Bertz CT molecular complexity index is 1340. The Morgan fingerprint density at radius 3 is 2.71 bits per heavy atom. The van der Waals surface area contributed by atoms with Crippen molar-refractivity contribution in [1.82, 2.24) is 15.3 Å². The molecule has 5 rings (SSSR count). The molecule has 38 heavy (non-hydrogen) atoms. The number of amides is 1. The zero-order chi connectivity index (χ0) is 26.5. The first-order valence-electron chi connectivity index (χ1n) is 13.3. The number of fused-ring (bicyclic) bond motifs is 1. The largest absolute Gasteiger partial charge is 0.484 e. The van der Waals surface area contributed by atoms with Crippen LogP contribution in [0.3, 0.4) is 0 Å². The predicted octanol–water partition coefficient (Wildman–Crippen LogP) is 6.47. The molecule has 0 bridgehead atoms. The van der Waals surface area contributed by atoms with Crippen LogP contribution in [0.15, 0.2) is 72.8 Å². The number of imidazole rings is 1. The fourth-order valence-electron chi connectivity index (χ4n) is 5.22. The van der Waals surface area contributed by atoms with Crippen LogP contribution in [-0.4, -0.2) is 35.6 Å². The van der Waals surface area contributed by atoms with Gasteiger partial charge in [0.05, 0.1) is 23.7 Å². The number of H-pyrrole nitrogens is 1. The number of benzene rings is 3. The van der Waals surface area contributed by atoms with Crippen LogP contribution < -0.4 is 10.1 Å². The van der Waals surface area contributed by atoms with E-state index in [0.29, 0.717) is 43.1 Å². The molecule has 0 spiro atoms. The van der Waals surface area contributed by atoms with Crippen molar-refractivity contribution in [1.29, 1.82) is 0 Å². The Labute approximate surface area is 228 Å². The van der Waals surface area contributed by atoms with Crippen molar-refractivity contribution < 1.29 is 14.3 Å². The van der Waals surface area contributed by atoms with Gasteiger partial charge in [-0.25, -0.2) is 4.98 Å². The highest BCUT2D eigenvalue weighted by molar-refractivity contribution is 6.30. The number of para-hydroxylation sites is 2. The molecule has 6 nitrogen and oxygen atoms in total. The molecule has 1 fully saturated rings. The fraction of sp³-hybridized carbons (Fsp3) is 0.355. The molecule has 1 aliphatic heterocycles. The molecule has 1 aromatic heterocycles. The van der Waals surface area contributed by atoms with E-state index in [2.05, 4.69) is 47.3 Å². The van der Waals surface area contributed by atoms with Gasteiger partial charge in [0.25, 0.3) is 5.91 Å². The van der Waals surface area contributed by atoms with E-state index in [1.54, 1.807) is 0 Å². The van der Waals surface area contributed by atoms with E-state index in [1.807, 2.05) is 54.6 Å². The van der Waals surface area contributed by atoms with Gasteiger partial charge in [-0.05, 0) is 65.8 Å². The van der Waals surface area contributed by atoms with Gasteiger partial charge in [0, 0.05) is 23.9 Å². The van der Waals surface area contributed by atoms with E-state index in [-0.39, 0.29) is 18.6 Å². The summed E-state index contributed by atoms with van der Waals surface area (Å²) in [5.41, 5.74) is 4.28. The Hall–Kier alpha value is -3.35. The number of aromatic nitrogens is 2. The van der Waals surface area contributed by atoms with Gasteiger partial charge < -0.3 is 19.8 Å². The molecule has 2 heterocycles. The summed E-state index contributed by atoms with van der Waals surface area (Å²) in [6.45, 7) is 5.61. The van der Waals surface area contributed by atoms with Crippen molar-refractivity contribution in [3.8, 4) is 5.75 Å². The number of carbonyl (C=O) groups is 1. The first-order chi connectivity index (χ1) is 18.5. The average molecular weight is 532 g/mol. The maximum atomic E-state index is 12.4. The van der Waals surface area contributed by atoms with Gasteiger partial charge in [0.15, 0.2) is 6.61 Å². The molecule has 1 aliphatic rings. The molecule has 1 saturated heterocycles. The SMILES string of the molecule is CC(C)[C@@H]1C[C@H](c2ccc(Cl)cc2)CO[C@H]1c1cccc(OCC(=O)NCCc2nc3ccccc3[nH]2)c1. The van der Waals surface area contributed by atoms with Gasteiger partial charge in [0.2, 0.25) is 0 Å². The minimum absolute atomic E-state index is 0.0141. The minimum Gasteiger partial charge on any atom is -0.484 e. The maximum absolute atomic E-state index is 12.4. The molecule has 2 N–H and O–H groups in total. The van der Waals surface area contributed by atoms with Crippen LogP contribution in [0, 0.1) is 11.8 Å². The number of halogens is 1. The lowest BCUT2D eigenvalue weighted by Gasteiger charge is -2.39. The lowest BCUT2D eigenvalue weighted by molar-refractivity contribution is -0.123. The Morgan fingerprint density at radius 2 is 1.92 bits per heavy atom. The topological polar surface area (TPSA) is 76.2 Å². The van der Waals surface area contributed by atoms with Crippen LogP contribution in [0.4, 0.5) is 0 Å². The van der Waals surface area contributed by atoms with E-state index >= 15 is 0 Å². The summed E-state index contributed by atoms with van der Waals surface area (Å²) in [5.74, 6) is 2.52. The highest BCUT2D eigenvalue weighted by Gasteiger charge is 2.35. The smallest absolute Gasteiger partial charge is 0.257 e. The second-order valence-corrected chi connectivity index (χ2v) is 10.7. The molecule has 0 radical (unpaired) electrons. The summed E-state index contributed by atoms with van der Waals surface area (Å²) in [6, 6.07) is 23.9. The van der Waals surface area contributed by atoms with Crippen molar-refractivity contribution in [2.75, 3.05) is 19.8 Å². The molecule has 1 amide bonds. The molecular formula is C31H34ClN3O3. The van der Waals surface area contributed by atoms with Gasteiger partial charge in [0.1, 0.15) is 11.6 Å². The van der Waals surface area contributed by atoms with E-state index in [9.17, 15) is 4.79 Å². The first-order valence-corrected chi connectivity index (χ1v) is 13.6. The van der Waals surface area contributed by atoms with E-state index in [1.165, 1.54) is 5.56 Å². The minimum atomic E-state index is -0.161. The summed E-state index contributed by atoms with van der Waals surface area (Å²) in [7, 11) is 0. The van der Waals surface area contributed by atoms with Gasteiger partial charge >= 0.3 is 0 Å². The van der Waals surface area contributed by atoms with Crippen LogP contribution in [0.5, 0.6) is 5.75 Å². The first kappa shape index (κ1) is 26.3. The second-order valence-electron chi connectivity index (χ2n) is 10.3. The highest BCUT2D eigenvalue weighted by Crippen LogP contribution is 2.44. The number of nitrogens with one attached hydrogen (secondary N) is 2. The number of carbonyl (C=O) groups excluding carboxylic acids is 1. The van der Waals surface area contributed by atoms with E-state index in [4.69, 9.17) is 21.1 Å². The number of rotatable bonds is 9. The van der Waals surface area contributed by atoms with Crippen molar-refractivity contribution in [3.63, 3.8) is 0 Å². The van der Waals surface area contributed by atoms with Crippen LogP contribution in [0.25, 0.3) is 11.0 Å². The van der Waals surface area contributed by atoms with Crippen LogP contribution in [0.1, 0.15) is 49.2 Å². The third kappa shape index (κ3) is 6.37. The highest BCUT2D eigenvalue weighted by atomic mass is 35.5. The Morgan fingerprint density at radius 1 is 1.11 bits per heavy atom. The van der Waals surface area contributed by atoms with Gasteiger partial charge in [-0.3, -0.25) is 4.79 Å². The Balaban J connectivity index is 1.14. The summed E-state index contributed by atoms with van der Waals surface area (Å²) >= 11 is 6.09. The van der Waals surface area contributed by atoms with Gasteiger partial charge in [-0.2, -0.15) is 0 Å². The Kier molecular flexibility index (Phi) is 8.30. The average Bonchev–Trinajstić information content (AvgIpc) is 3.35. The zero-order valence-corrected chi connectivity index (χ0v) is 22.6. The molecule has 198 valence electrons. The quantitative estimate of drug-likeness (QED) is 0.259. The van der Waals surface area contributed by atoms with Gasteiger partial charge in [-0.15, -0.1) is 0 Å². The standard InChI is InChI=1S/C31H34ClN3O3/c1-20(2)26-17-23(21-10-12-24(32)13-11-21)18-38-31(26)22-6-5-7-25(16-22)37-19-30(36)33-15-14-29-34-27-8-3-4-9-28(27)35-29/h3-13,16,20,23,26,31H,14-15,17-19H2,1-2H3,(H,33,36)(H,34,35)/t23-,26-,31-/m0/s1. The van der Waals surface area contributed by atoms with Crippen molar-refractivity contribution >= 4 is 28.5 Å². The molecule has 3 aromatic carbocycles. The van der Waals surface area contributed by atoms with Gasteiger partial charge in [-0.1, -0.05) is 61.8 Å².